The van der Waals surface area contributed by atoms with Crippen molar-refractivity contribution in [2.45, 2.75) is 123 Å². The summed E-state index contributed by atoms with van der Waals surface area (Å²) in [6, 6.07) is 0.208. The number of unbranched alkanes of at least 4 members (excludes halogenated alkanes) is 4. The molecule has 1 fully saturated rings. The quantitative estimate of drug-likeness (QED) is 0.293. The standard InChI is InChI=1S/C24H51NO4Si/c1-9-11-18-28-23-20(3)25(16-14-12-13-15-17-27-10-2)19-21(22(23)26)29-30(7,8)24(4,5)6/h20-23,26H,9-19H2,1-8H3/t20-,21+,22-,23+/m1/s1. The van der Waals surface area contributed by atoms with E-state index in [0.29, 0.717) is 6.61 Å². The highest BCUT2D eigenvalue weighted by atomic mass is 28.4. The van der Waals surface area contributed by atoms with Crippen LogP contribution in [-0.4, -0.2) is 75.6 Å². The molecule has 0 radical (unpaired) electrons. The van der Waals surface area contributed by atoms with Gasteiger partial charge in [0.2, 0.25) is 0 Å². The van der Waals surface area contributed by atoms with Crippen molar-refractivity contribution in [2.75, 3.05) is 32.9 Å². The molecule has 0 aromatic carbocycles. The van der Waals surface area contributed by atoms with Gasteiger partial charge >= 0.3 is 0 Å². The minimum atomic E-state index is -1.97. The van der Waals surface area contributed by atoms with Crippen LogP contribution < -0.4 is 0 Å². The van der Waals surface area contributed by atoms with E-state index in [9.17, 15) is 5.11 Å². The normalized spacial score (nSPS) is 26.3. The third kappa shape index (κ3) is 8.87. The third-order valence-corrected chi connectivity index (χ3v) is 11.4. The molecule has 0 aromatic heterocycles. The first-order valence-corrected chi connectivity index (χ1v) is 15.2. The summed E-state index contributed by atoms with van der Waals surface area (Å²) < 4.78 is 18.3. The Balaban J connectivity index is 2.73. The first-order chi connectivity index (χ1) is 14.0. The molecule has 0 aromatic rings. The number of nitrogens with zero attached hydrogens (tertiary/aromatic N) is 1. The van der Waals surface area contributed by atoms with Gasteiger partial charge in [-0.25, -0.2) is 0 Å². The molecule has 0 saturated carbocycles. The predicted octanol–water partition coefficient (Wildman–Crippen LogP) is 5.22. The molecule has 180 valence electrons. The molecule has 1 N–H and O–H groups in total. The van der Waals surface area contributed by atoms with Crippen LogP contribution in [0.4, 0.5) is 0 Å². The zero-order valence-electron chi connectivity index (χ0n) is 21.2. The second kappa shape index (κ2) is 13.5. The number of rotatable bonds is 14. The van der Waals surface area contributed by atoms with Gasteiger partial charge in [0.15, 0.2) is 8.32 Å². The number of likely N-dealkylation sites (tertiary alicyclic amines) is 1. The Hall–Kier alpha value is 0.0169. The van der Waals surface area contributed by atoms with Crippen LogP contribution in [0.15, 0.2) is 0 Å². The lowest BCUT2D eigenvalue weighted by Gasteiger charge is -2.49. The molecule has 0 amide bonds. The Morgan fingerprint density at radius 3 is 2.27 bits per heavy atom. The fourth-order valence-corrected chi connectivity index (χ4v) is 5.11. The van der Waals surface area contributed by atoms with Crippen molar-refractivity contribution in [3.63, 3.8) is 0 Å². The summed E-state index contributed by atoms with van der Waals surface area (Å²) in [6.07, 6.45) is 5.95. The van der Waals surface area contributed by atoms with Crippen molar-refractivity contribution in [3.8, 4) is 0 Å². The number of ether oxygens (including phenoxy) is 2. The third-order valence-electron chi connectivity index (χ3n) is 6.93. The molecule has 30 heavy (non-hydrogen) atoms. The number of hydrogen-bond acceptors (Lipinski definition) is 5. The largest absolute Gasteiger partial charge is 0.410 e. The van der Waals surface area contributed by atoms with E-state index in [-0.39, 0.29) is 23.3 Å². The highest BCUT2D eigenvalue weighted by molar-refractivity contribution is 6.74. The lowest BCUT2D eigenvalue weighted by molar-refractivity contribution is -0.152. The average molecular weight is 446 g/mol. The van der Waals surface area contributed by atoms with Crippen LogP contribution in [0.3, 0.4) is 0 Å². The van der Waals surface area contributed by atoms with Gasteiger partial charge in [0, 0.05) is 32.4 Å². The summed E-state index contributed by atoms with van der Waals surface area (Å²) in [5, 5.41) is 11.3. The fourth-order valence-electron chi connectivity index (χ4n) is 3.79. The molecule has 1 aliphatic heterocycles. The van der Waals surface area contributed by atoms with Crippen LogP contribution in [0.25, 0.3) is 0 Å². The van der Waals surface area contributed by atoms with E-state index in [1.54, 1.807) is 0 Å². The van der Waals surface area contributed by atoms with Crippen molar-refractivity contribution in [3.05, 3.63) is 0 Å². The number of aliphatic hydroxyl groups excluding tert-OH is 1. The Labute approximate surface area is 188 Å². The van der Waals surface area contributed by atoms with Gasteiger partial charge < -0.3 is 19.0 Å². The summed E-state index contributed by atoms with van der Waals surface area (Å²) in [6.45, 7) is 22.0. The molecule has 0 bridgehead atoms. The van der Waals surface area contributed by atoms with Crippen LogP contribution >= 0.6 is 0 Å². The van der Waals surface area contributed by atoms with Gasteiger partial charge in [-0.15, -0.1) is 0 Å². The maximum atomic E-state index is 11.2. The monoisotopic (exact) mass is 445 g/mol. The van der Waals surface area contributed by atoms with Gasteiger partial charge in [0.1, 0.15) is 12.2 Å². The van der Waals surface area contributed by atoms with Gasteiger partial charge in [-0.1, -0.05) is 47.0 Å². The van der Waals surface area contributed by atoms with E-state index in [2.05, 4.69) is 52.6 Å². The van der Waals surface area contributed by atoms with Gasteiger partial charge in [-0.2, -0.15) is 0 Å². The van der Waals surface area contributed by atoms with Crippen molar-refractivity contribution in [1.82, 2.24) is 4.90 Å². The molecular formula is C24H51NO4Si. The number of piperidine rings is 1. The molecule has 1 aliphatic rings. The van der Waals surface area contributed by atoms with Crippen LogP contribution in [-0.2, 0) is 13.9 Å². The number of hydrogen-bond donors (Lipinski definition) is 1. The van der Waals surface area contributed by atoms with Crippen LogP contribution in [0.2, 0.25) is 18.1 Å². The second-order valence-corrected chi connectivity index (χ2v) is 15.2. The molecule has 4 atom stereocenters. The zero-order chi connectivity index (χ0) is 22.8. The minimum Gasteiger partial charge on any atom is -0.410 e. The minimum absolute atomic E-state index is 0.125. The van der Waals surface area contributed by atoms with Crippen molar-refractivity contribution in [1.29, 1.82) is 0 Å². The summed E-state index contributed by atoms with van der Waals surface area (Å²) in [4.78, 5) is 2.49. The molecule has 0 spiro atoms. The van der Waals surface area contributed by atoms with Gasteiger partial charge in [0.25, 0.3) is 0 Å². The Morgan fingerprint density at radius 1 is 1.00 bits per heavy atom. The summed E-state index contributed by atoms with van der Waals surface area (Å²) in [5.74, 6) is 0. The van der Waals surface area contributed by atoms with E-state index in [1.165, 1.54) is 19.3 Å². The first kappa shape index (κ1) is 28.1. The van der Waals surface area contributed by atoms with E-state index >= 15 is 0 Å². The summed E-state index contributed by atoms with van der Waals surface area (Å²) in [5.41, 5.74) is 0. The Bertz CT molecular complexity index is 455. The van der Waals surface area contributed by atoms with Crippen LogP contribution in [0, 0.1) is 0 Å². The first-order valence-electron chi connectivity index (χ1n) is 12.3. The predicted molar refractivity (Wildman–Crippen MR) is 129 cm³/mol. The fraction of sp³-hybridized carbons (Fsp3) is 1.00. The molecule has 6 heteroatoms. The van der Waals surface area contributed by atoms with Crippen molar-refractivity contribution < 1.29 is 19.0 Å². The molecular weight excluding hydrogens is 394 g/mol. The number of aliphatic hydroxyl groups is 1. The molecule has 1 saturated heterocycles. The van der Waals surface area contributed by atoms with E-state index in [0.717, 1.165) is 45.6 Å². The van der Waals surface area contributed by atoms with Gasteiger partial charge in [-0.05, 0) is 57.8 Å². The molecule has 0 unspecified atom stereocenters. The SMILES string of the molecule is CCCCO[C@@H]1[C@H](O)[C@@H](O[Si](C)(C)C(C)(C)C)CN(CCCCCCOCC)[C@@H]1C. The van der Waals surface area contributed by atoms with Crippen molar-refractivity contribution >= 4 is 8.32 Å². The Kier molecular flexibility index (Phi) is 12.7. The van der Waals surface area contributed by atoms with Crippen LogP contribution in [0.1, 0.15) is 80.1 Å². The summed E-state index contributed by atoms with van der Waals surface area (Å²) in [7, 11) is -1.97. The second-order valence-electron chi connectivity index (χ2n) is 10.4. The maximum Gasteiger partial charge on any atom is 0.192 e. The smallest absolute Gasteiger partial charge is 0.192 e. The van der Waals surface area contributed by atoms with E-state index in [4.69, 9.17) is 13.9 Å². The van der Waals surface area contributed by atoms with Crippen molar-refractivity contribution in [2.24, 2.45) is 0 Å². The van der Waals surface area contributed by atoms with E-state index in [1.807, 2.05) is 6.92 Å². The van der Waals surface area contributed by atoms with Gasteiger partial charge in [0.05, 0.1) is 6.10 Å². The topological polar surface area (TPSA) is 51.2 Å². The lowest BCUT2D eigenvalue weighted by Crippen LogP contribution is -2.64. The average Bonchev–Trinajstić information content (AvgIpc) is 2.66. The lowest BCUT2D eigenvalue weighted by atomic mass is 9.94. The highest BCUT2D eigenvalue weighted by Gasteiger charge is 2.46. The molecule has 0 aliphatic carbocycles. The van der Waals surface area contributed by atoms with Crippen LogP contribution in [0.5, 0.6) is 0 Å². The molecule has 1 heterocycles. The zero-order valence-corrected chi connectivity index (χ0v) is 22.2. The van der Waals surface area contributed by atoms with E-state index < -0.39 is 14.4 Å². The Morgan fingerprint density at radius 2 is 1.67 bits per heavy atom. The summed E-state index contributed by atoms with van der Waals surface area (Å²) >= 11 is 0. The molecule has 5 nitrogen and oxygen atoms in total. The highest BCUT2D eigenvalue weighted by Crippen LogP contribution is 2.39. The maximum absolute atomic E-state index is 11.2. The molecule has 1 rings (SSSR count). The van der Waals surface area contributed by atoms with Gasteiger partial charge in [-0.3, -0.25) is 4.90 Å².